The second kappa shape index (κ2) is 4.56. The number of aromatic amines is 1. The van der Waals surface area contributed by atoms with Gasteiger partial charge in [-0.05, 0) is 36.2 Å². The number of pyridine rings is 1. The zero-order chi connectivity index (χ0) is 12.4. The Balaban J connectivity index is 2.74. The minimum absolute atomic E-state index is 0.151. The number of hydrogen-bond acceptors (Lipinski definition) is 2. The van der Waals surface area contributed by atoms with Crippen LogP contribution in [0.1, 0.15) is 11.1 Å². The predicted octanol–water partition coefficient (Wildman–Crippen LogP) is 2.98. The molecule has 84 valence electrons. The summed E-state index contributed by atoms with van der Waals surface area (Å²) in [5.41, 5.74) is 2.38. The molecule has 0 spiro atoms. The maximum Gasteiger partial charge on any atom is 0.266 e. The van der Waals surface area contributed by atoms with Gasteiger partial charge in [0.05, 0.1) is 0 Å². The standard InChI is InChI=1S/C13H9BrN2O/c1-8-6-9(14)2-3-10(8)11-4-5-16-13(17)12(11)7-15/h2-6H,1H3,(H,16,17). The van der Waals surface area contributed by atoms with E-state index in [0.717, 1.165) is 15.6 Å². The molecule has 2 rings (SSSR count). The van der Waals surface area contributed by atoms with E-state index >= 15 is 0 Å². The lowest BCUT2D eigenvalue weighted by Gasteiger charge is -2.07. The van der Waals surface area contributed by atoms with Crippen LogP contribution in [0.2, 0.25) is 0 Å². The second-order valence-electron chi connectivity index (χ2n) is 3.67. The van der Waals surface area contributed by atoms with Crippen LogP contribution in [-0.2, 0) is 0 Å². The fourth-order valence-corrected chi connectivity index (χ4v) is 2.22. The van der Waals surface area contributed by atoms with Crippen molar-refractivity contribution < 1.29 is 0 Å². The van der Waals surface area contributed by atoms with Gasteiger partial charge in [-0.3, -0.25) is 4.79 Å². The lowest BCUT2D eigenvalue weighted by Crippen LogP contribution is -2.10. The molecule has 0 aliphatic rings. The molecular weight excluding hydrogens is 280 g/mol. The van der Waals surface area contributed by atoms with Crippen molar-refractivity contribution in [3.63, 3.8) is 0 Å². The summed E-state index contributed by atoms with van der Waals surface area (Å²) in [6.07, 6.45) is 1.56. The van der Waals surface area contributed by atoms with Gasteiger partial charge >= 0.3 is 0 Å². The summed E-state index contributed by atoms with van der Waals surface area (Å²) < 4.78 is 0.974. The molecule has 0 amide bonds. The van der Waals surface area contributed by atoms with E-state index in [0.29, 0.717) is 5.56 Å². The quantitative estimate of drug-likeness (QED) is 0.877. The molecule has 0 aliphatic heterocycles. The van der Waals surface area contributed by atoms with Crippen LogP contribution < -0.4 is 5.56 Å². The first-order valence-corrected chi connectivity index (χ1v) is 5.81. The summed E-state index contributed by atoms with van der Waals surface area (Å²) in [5, 5.41) is 9.03. The van der Waals surface area contributed by atoms with Crippen molar-refractivity contribution >= 4 is 15.9 Å². The van der Waals surface area contributed by atoms with Crippen LogP contribution in [-0.4, -0.2) is 4.98 Å². The number of benzene rings is 1. The first-order valence-electron chi connectivity index (χ1n) is 5.02. The van der Waals surface area contributed by atoms with Crippen LogP contribution >= 0.6 is 15.9 Å². The number of nitrogens with zero attached hydrogens (tertiary/aromatic N) is 1. The zero-order valence-corrected chi connectivity index (χ0v) is 10.7. The SMILES string of the molecule is Cc1cc(Br)ccc1-c1cc[nH]c(=O)c1C#N. The number of aryl methyl sites for hydroxylation is 1. The molecule has 0 radical (unpaired) electrons. The first kappa shape index (κ1) is 11.6. The van der Waals surface area contributed by atoms with Crippen LogP contribution in [0.5, 0.6) is 0 Å². The zero-order valence-electron chi connectivity index (χ0n) is 9.12. The molecule has 0 bridgehead atoms. The molecule has 1 heterocycles. The molecule has 1 N–H and O–H groups in total. The van der Waals surface area contributed by atoms with Crippen molar-refractivity contribution in [1.82, 2.24) is 4.98 Å². The van der Waals surface area contributed by atoms with Crippen LogP contribution in [0.15, 0.2) is 39.7 Å². The fraction of sp³-hybridized carbons (Fsp3) is 0.0769. The highest BCUT2D eigenvalue weighted by Crippen LogP contribution is 2.26. The number of aromatic nitrogens is 1. The average Bonchev–Trinajstić information content (AvgIpc) is 2.29. The normalized spacial score (nSPS) is 9.94. The van der Waals surface area contributed by atoms with Crippen LogP contribution in [0.25, 0.3) is 11.1 Å². The summed E-state index contributed by atoms with van der Waals surface area (Å²) in [7, 11) is 0. The van der Waals surface area contributed by atoms with E-state index in [1.165, 1.54) is 0 Å². The van der Waals surface area contributed by atoms with Crippen molar-refractivity contribution in [3.8, 4) is 17.2 Å². The number of halogens is 1. The van der Waals surface area contributed by atoms with Gasteiger partial charge in [0.25, 0.3) is 5.56 Å². The Labute approximate surface area is 107 Å². The molecule has 17 heavy (non-hydrogen) atoms. The summed E-state index contributed by atoms with van der Waals surface area (Å²) in [4.78, 5) is 14.0. The lowest BCUT2D eigenvalue weighted by atomic mass is 9.98. The fourth-order valence-electron chi connectivity index (χ4n) is 1.74. The molecule has 3 nitrogen and oxygen atoms in total. The highest BCUT2D eigenvalue weighted by molar-refractivity contribution is 9.10. The number of rotatable bonds is 1. The Kier molecular flexibility index (Phi) is 3.12. The Morgan fingerprint density at radius 3 is 2.71 bits per heavy atom. The molecule has 2 aromatic rings. The average molecular weight is 289 g/mol. The Morgan fingerprint density at radius 2 is 2.06 bits per heavy atom. The number of nitriles is 1. The second-order valence-corrected chi connectivity index (χ2v) is 4.58. The van der Waals surface area contributed by atoms with Crippen molar-refractivity contribution in [1.29, 1.82) is 5.26 Å². The maximum absolute atomic E-state index is 11.5. The van der Waals surface area contributed by atoms with E-state index in [2.05, 4.69) is 20.9 Å². The Morgan fingerprint density at radius 1 is 1.29 bits per heavy atom. The molecule has 0 fully saturated rings. The molecule has 0 unspecified atom stereocenters. The molecule has 1 aromatic carbocycles. The molecular formula is C13H9BrN2O. The highest BCUT2D eigenvalue weighted by atomic mass is 79.9. The van der Waals surface area contributed by atoms with Crippen LogP contribution in [0.4, 0.5) is 0 Å². The molecule has 0 saturated carbocycles. The van der Waals surface area contributed by atoms with E-state index in [1.807, 2.05) is 31.2 Å². The Hall–Kier alpha value is -1.86. The minimum atomic E-state index is -0.354. The number of hydrogen-bond donors (Lipinski definition) is 1. The summed E-state index contributed by atoms with van der Waals surface area (Å²) in [6.45, 7) is 1.95. The summed E-state index contributed by atoms with van der Waals surface area (Å²) >= 11 is 3.39. The Bertz CT molecular complexity index is 668. The molecule has 1 aromatic heterocycles. The van der Waals surface area contributed by atoms with Crippen molar-refractivity contribution in [2.24, 2.45) is 0 Å². The summed E-state index contributed by atoms with van der Waals surface area (Å²) in [6, 6.07) is 9.44. The van der Waals surface area contributed by atoms with Gasteiger partial charge in [0.1, 0.15) is 11.6 Å². The largest absolute Gasteiger partial charge is 0.328 e. The van der Waals surface area contributed by atoms with Gasteiger partial charge in [0.15, 0.2) is 0 Å². The van der Waals surface area contributed by atoms with E-state index in [-0.39, 0.29) is 11.1 Å². The van der Waals surface area contributed by atoms with E-state index in [1.54, 1.807) is 12.3 Å². The van der Waals surface area contributed by atoms with Gasteiger partial charge in [0.2, 0.25) is 0 Å². The van der Waals surface area contributed by atoms with Gasteiger partial charge in [0, 0.05) is 16.2 Å². The van der Waals surface area contributed by atoms with Gasteiger partial charge < -0.3 is 4.98 Å². The van der Waals surface area contributed by atoms with Crippen LogP contribution in [0.3, 0.4) is 0 Å². The molecule has 0 atom stereocenters. The lowest BCUT2D eigenvalue weighted by molar-refractivity contribution is 1.21. The van der Waals surface area contributed by atoms with Crippen molar-refractivity contribution in [2.45, 2.75) is 6.92 Å². The highest BCUT2D eigenvalue weighted by Gasteiger charge is 2.10. The molecule has 4 heteroatoms. The third kappa shape index (κ3) is 2.15. The van der Waals surface area contributed by atoms with Crippen molar-refractivity contribution in [2.75, 3.05) is 0 Å². The number of H-pyrrole nitrogens is 1. The van der Waals surface area contributed by atoms with Gasteiger partial charge in [-0.25, -0.2) is 0 Å². The molecule has 0 aliphatic carbocycles. The number of nitrogens with one attached hydrogen (secondary N) is 1. The third-order valence-electron chi connectivity index (χ3n) is 2.55. The minimum Gasteiger partial charge on any atom is -0.328 e. The van der Waals surface area contributed by atoms with Gasteiger partial charge in [-0.1, -0.05) is 22.0 Å². The van der Waals surface area contributed by atoms with Gasteiger partial charge in [-0.15, -0.1) is 0 Å². The first-order chi connectivity index (χ1) is 8.13. The topological polar surface area (TPSA) is 56.6 Å². The maximum atomic E-state index is 11.5. The third-order valence-corrected chi connectivity index (χ3v) is 3.04. The van der Waals surface area contributed by atoms with Crippen molar-refractivity contribution in [3.05, 3.63) is 56.4 Å². The van der Waals surface area contributed by atoms with E-state index in [4.69, 9.17) is 5.26 Å². The smallest absolute Gasteiger partial charge is 0.266 e. The monoisotopic (exact) mass is 288 g/mol. The summed E-state index contributed by atoms with van der Waals surface area (Å²) in [5.74, 6) is 0. The van der Waals surface area contributed by atoms with Crippen LogP contribution in [0, 0.1) is 18.3 Å². The van der Waals surface area contributed by atoms with E-state index in [9.17, 15) is 4.79 Å². The van der Waals surface area contributed by atoms with Gasteiger partial charge in [-0.2, -0.15) is 5.26 Å². The van der Waals surface area contributed by atoms with E-state index < -0.39 is 0 Å². The molecule has 0 saturated heterocycles. The predicted molar refractivity (Wildman–Crippen MR) is 69.7 cm³/mol.